The van der Waals surface area contributed by atoms with Gasteiger partial charge in [-0.1, -0.05) is 64.3 Å². The Bertz CT molecular complexity index is 767. The number of allylic oxidation sites excluding steroid dienone is 4. The van der Waals surface area contributed by atoms with Crippen LogP contribution in [0.15, 0.2) is 22.8 Å². The molecule has 176 valence electrons. The first-order valence-corrected chi connectivity index (χ1v) is 13.4. The van der Waals surface area contributed by atoms with E-state index in [9.17, 15) is 5.11 Å². The zero-order chi connectivity index (χ0) is 22.8. The zero-order valence-electron chi connectivity index (χ0n) is 21.9. The van der Waals surface area contributed by atoms with E-state index in [-0.39, 0.29) is 11.5 Å². The molecule has 0 aromatic carbocycles. The van der Waals surface area contributed by atoms with Crippen molar-refractivity contribution in [1.82, 2.24) is 0 Å². The van der Waals surface area contributed by atoms with E-state index < -0.39 is 0 Å². The maximum Gasteiger partial charge on any atom is 0.0594 e. The molecule has 2 unspecified atom stereocenters. The molecular weight excluding hydrogens is 376 g/mol. The molecule has 4 aliphatic carbocycles. The third-order valence-corrected chi connectivity index (χ3v) is 11.7. The molecule has 0 aromatic rings. The Morgan fingerprint density at radius 1 is 0.968 bits per heavy atom. The second-order valence-corrected chi connectivity index (χ2v) is 13.6. The first-order valence-electron chi connectivity index (χ1n) is 13.4. The van der Waals surface area contributed by atoms with E-state index in [0.29, 0.717) is 22.2 Å². The summed E-state index contributed by atoms with van der Waals surface area (Å²) in [6, 6.07) is 0. The topological polar surface area (TPSA) is 20.2 Å². The summed E-state index contributed by atoms with van der Waals surface area (Å²) in [7, 11) is 0. The molecule has 1 nitrogen and oxygen atoms in total. The molecule has 0 aliphatic heterocycles. The highest BCUT2D eigenvalue weighted by molar-refractivity contribution is 5.38. The van der Waals surface area contributed by atoms with Crippen molar-refractivity contribution in [3.8, 4) is 0 Å². The van der Waals surface area contributed by atoms with Crippen molar-refractivity contribution in [2.24, 2.45) is 39.4 Å². The fourth-order valence-electron chi connectivity index (χ4n) is 9.47. The van der Waals surface area contributed by atoms with Gasteiger partial charge in [0.15, 0.2) is 0 Å². The van der Waals surface area contributed by atoms with Crippen molar-refractivity contribution < 1.29 is 5.11 Å². The molecule has 0 radical (unpaired) electrons. The van der Waals surface area contributed by atoms with Gasteiger partial charge in [0, 0.05) is 0 Å². The average Bonchev–Trinajstić information content (AvgIpc) is 2.96. The number of hydrogen-bond donors (Lipinski definition) is 1. The largest absolute Gasteiger partial charge is 0.393 e. The maximum atomic E-state index is 10.8. The van der Waals surface area contributed by atoms with Crippen LogP contribution in [0.5, 0.6) is 0 Å². The van der Waals surface area contributed by atoms with Crippen LogP contribution in [0.1, 0.15) is 120 Å². The lowest BCUT2D eigenvalue weighted by molar-refractivity contribution is -0.0962. The number of fused-ring (bicyclic) bond motifs is 4. The first-order chi connectivity index (χ1) is 14.4. The fourth-order valence-corrected chi connectivity index (χ4v) is 9.47. The van der Waals surface area contributed by atoms with Crippen LogP contribution < -0.4 is 0 Å². The van der Waals surface area contributed by atoms with Crippen LogP contribution in [-0.4, -0.2) is 11.2 Å². The SMILES string of the molecule is CC(C)=CCC[C@@H](C)C1CC[C@@]2(C)C3=C(CC[C@]12C)[C@@]1(C)CC[C@H](O)C(C)(C)C1CC3. The molecule has 0 saturated heterocycles. The molecule has 1 N–H and O–H groups in total. The molecule has 2 saturated carbocycles. The summed E-state index contributed by atoms with van der Waals surface area (Å²) in [4.78, 5) is 0. The van der Waals surface area contributed by atoms with Crippen molar-refractivity contribution in [2.75, 3.05) is 0 Å². The van der Waals surface area contributed by atoms with E-state index in [1.807, 2.05) is 11.1 Å². The summed E-state index contributed by atoms with van der Waals surface area (Å²) in [5, 5.41) is 10.8. The van der Waals surface area contributed by atoms with E-state index >= 15 is 0 Å². The molecule has 1 heteroatoms. The Labute approximate surface area is 193 Å². The maximum absolute atomic E-state index is 10.8. The molecule has 0 spiro atoms. The van der Waals surface area contributed by atoms with Crippen molar-refractivity contribution in [3.63, 3.8) is 0 Å². The van der Waals surface area contributed by atoms with Gasteiger partial charge < -0.3 is 5.11 Å². The molecule has 4 aliphatic rings. The predicted molar refractivity (Wildman–Crippen MR) is 133 cm³/mol. The number of aliphatic hydroxyl groups excluding tert-OH is 1. The zero-order valence-corrected chi connectivity index (χ0v) is 21.9. The summed E-state index contributed by atoms with van der Waals surface area (Å²) in [5.74, 6) is 2.32. The Morgan fingerprint density at radius 3 is 2.35 bits per heavy atom. The van der Waals surface area contributed by atoms with E-state index in [1.54, 1.807) is 0 Å². The molecule has 31 heavy (non-hydrogen) atoms. The molecule has 0 amide bonds. The van der Waals surface area contributed by atoms with Crippen LogP contribution in [-0.2, 0) is 0 Å². The van der Waals surface area contributed by atoms with E-state index in [1.165, 1.54) is 63.4 Å². The quantitative estimate of drug-likeness (QED) is 0.447. The summed E-state index contributed by atoms with van der Waals surface area (Å²) in [6.07, 6.45) is 15.2. The standard InChI is InChI=1S/C30H50O/c1-20(2)10-9-11-21(3)22-14-18-30(8)24-12-13-25-27(4,5)26(31)16-17-28(25,6)23(24)15-19-29(22,30)7/h10,21-22,25-26,31H,9,11-19H2,1-8H3/t21-,22?,25?,26+,28-,29-,30+/m1/s1. The molecule has 0 bridgehead atoms. The smallest absolute Gasteiger partial charge is 0.0594 e. The second-order valence-electron chi connectivity index (χ2n) is 13.6. The van der Waals surface area contributed by atoms with Gasteiger partial charge in [-0.2, -0.15) is 0 Å². The highest BCUT2D eigenvalue weighted by atomic mass is 16.3. The van der Waals surface area contributed by atoms with Crippen molar-refractivity contribution in [2.45, 2.75) is 126 Å². The Morgan fingerprint density at radius 2 is 1.68 bits per heavy atom. The third-order valence-electron chi connectivity index (χ3n) is 11.7. The molecule has 4 rings (SSSR count). The summed E-state index contributed by atoms with van der Waals surface area (Å²) in [6.45, 7) is 19.6. The minimum Gasteiger partial charge on any atom is -0.393 e. The normalized spacial score (nSPS) is 44.9. The van der Waals surface area contributed by atoms with Gasteiger partial charge in [0.25, 0.3) is 0 Å². The van der Waals surface area contributed by atoms with Gasteiger partial charge in [-0.25, -0.2) is 0 Å². The third kappa shape index (κ3) is 3.34. The predicted octanol–water partition coefficient (Wildman–Crippen LogP) is 8.48. The number of hydrogen-bond acceptors (Lipinski definition) is 1. The Balaban J connectivity index is 1.65. The Hall–Kier alpha value is -0.560. The van der Waals surface area contributed by atoms with Gasteiger partial charge in [0.05, 0.1) is 6.10 Å². The number of aliphatic hydroxyl groups is 1. The summed E-state index contributed by atoms with van der Waals surface area (Å²) in [5.41, 5.74) is 6.41. The highest BCUT2D eigenvalue weighted by Crippen LogP contribution is 2.72. The molecule has 7 atom stereocenters. The lowest BCUT2D eigenvalue weighted by Crippen LogP contribution is -2.55. The van der Waals surface area contributed by atoms with E-state index in [2.05, 4.69) is 61.5 Å². The lowest BCUT2D eigenvalue weighted by atomic mass is 9.43. The molecule has 0 heterocycles. The monoisotopic (exact) mass is 426 g/mol. The minimum absolute atomic E-state index is 0.0465. The molecule has 2 fully saturated rings. The second kappa shape index (κ2) is 7.75. The van der Waals surface area contributed by atoms with Gasteiger partial charge in [0.2, 0.25) is 0 Å². The highest BCUT2D eigenvalue weighted by Gasteiger charge is 2.63. The Kier molecular flexibility index (Phi) is 5.90. The van der Waals surface area contributed by atoms with Crippen LogP contribution in [0, 0.1) is 39.4 Å². The first kappa shape index (κ1) is 23.6. The molecular formula is C30H50O. The number of rotatable bonds is 4. The fraction of sp³-hybridized carbons (Fsp3) is 0.867. The molecule has 0 aromatic heterocycles. The van der Waals surface area contributed by atoms with Gasteiger partial charge in [-0.3, -0.25) is 0 Å². The average molecular weight is 427 g/mol. The van der Waals surface area contributed by atoms with Crippen molar-refractivity contribution >= 4 is 0 Å². The van der Waals surface area contributed by atoms with Crippen LogP contribution in [0.2, 0.25) is 0 Å². The van der Waals surface area contributed by atoms with Crippen LogP contribution in [0.4, 0.5) is 0 Å². The minimum atomic E-state index is -0.130. The van der Waals surface area contributed by atoms with Crippen molar-refractivity contribution in [1.29, 1.82) is 0 Å². The van der Waals surface area contributed by atoms with Gasteiger partial charge >= 0.3 is 0 Å². The van der Waals surface area contributed by atoms with Crippen LogP contribution in [0.3, 0.4) is 0 Å². The summed E-state index contributed by atoms with van der Waals surface area (Å²) >= 11 is 0. The van der Waals surface area contributed by atoms with Gasteiger partial charge in [0.1, 0.15) is 0 Å². The van der Waals surface area contributed by atoms with Gasteiger partial charge in [-0.05, 0) is 117 Å². The summed E-state index contributed by atoms with van der Waals surface area (Å²) < 4.78 is 0. The van der Waals surface area contributed by atoms with E-state index in [4.69, 9.17) is 0 Å². The van der Waals surface area contributed by atoms with Crippen LogP contribution >= 0.6 is 0 Å². The van der Waals surface area contributed by atoms with E-state index in [0.717, 1.165) is 18.3 Å². The van der Waals surface area contributed by atoms with Crippen LogP contribution in [0.25, 0.3) is 0 Å². The lowest BCUT2D eigenvalue weighted by Gasteiger charge is -2.62. The van der Waals surface area contributed by atoms with Gasteiger partial charge in [-0.15, -0.1) is 0 Å². The van der Waals surface area contributed by atoms with Crippen molar-refractivity contribution in [3.05, 3.63) is 22.8 Å².